The molecule has 0 aromatic rings. The minimum absolute atomic E-state index is 0.00870. The van der Waals surface area contributed by atoms with E-state index >= 15 is 0 Å². The molecule has 0 unspecified atom stereocenters. The van der Waals surface area contributed by atoms with Gasteiger partial charge in [0, 0.05) is 19.4 Å². The number of hydrogen-bond donors (Lipinski definition) is 0. The van der Waals surface area contributed by atoms with Crippen molar-refractivity contribution in [2.45, 2.75) is 45.4 Å². The van der Waals surface area contributed by atoms with E-state index < -0.39 is 0 Å². The first-order chi connectivity index (χ1) is 6.25. The molecule has 0 aromatic carbocycles. The maximum atomic E-state index is 11.5. The van der Waals surface area contributed by atoms with Crippen LogP contribution in [-0.2, 0) is 9.59 Å². The van der Waals surface area contributed by atoms with Gasteiger partial charge in [0.25, 0.3) is 0 Å². The number of nitrogens with zero attached hydrogens (tertiary/aromatic N) is 1. The van der Waals surface area contributed by atoms with Crippen molar-refractivity contribution in [2.75, 3.05) is 6.54 Å². The van der Waals surface area contributed by atoms with Gasteiger partial charge in [-0.25, -0.2) is 0 Å². The van der Waals surface area contributed by atoms with Crippen LogP contribution in [0.15, 0.2) is 0 Å². The van der Waals surface area contributed by atoms with Crippen LogP contribution in [0.2, 0.25) is 0 Å². The standard InChI is InChI=1S/C10H17NO2/c1-2-6-9(12)11-8-5-3-4-7-10(11)13/h2-8H2,1H3. The van der Waals surface area contributed by atoms with Crippen LogP contribution >= 0.6 is 0 Å². The molecule has 1 aliphatic rings. The first kappa shape index (κ1) is 10.2. The van der Waals surface area contributed by atoms with Crippen molar-refractivity contribution in [3.05, 3.63) is 0 Å². The maximum Gasteiger partial charge on any atom is 0.229 e. The van der Waals surface area contributed by atoms with E-state index in [9.17, 15) is 9.59 Å². The SMILES string of the molecule is CCCC(=O)N1CCCCCC1=O. The third-order valence-electron chi connectivity index (χ3n) is 2.34. The number of hydrogen-bond acceptors (Lipinski definition) is 2. The second-order valence-corrected chi connectivity index (χ2v) is 3.50. The third kappa shape index (κ3) is 2.83. The smallest absolute Gasteiger partial charge is 0.229 e. The van der Waals surface area contributed by atoms with Gasteiger partial charge in [-0.05, 0) is 19.3 Å². The largest absolute Gasteiger partial charge is 0.283 e. The molecule has 1 fully saturated rings. The van der Waals surface area contributed by atoms with Crippen LogP contribution in [-0.4, -0.2) is 23.3 Å². The topological polar surface area (TPSA) is 37.4 Å². The third-order valence-corrected chi connectivity index (χ3v) is 2.34. The molecule has 1 heterocycles. The fraction of sp³-hybridized carbons (Fsp3) is 0.800. The van der Waals surface area contributed by atoms with E-state index in [-0.39, 0.29) is 11.8 Å². The lowest BCUT2D eigenvalue weighted by Gasteiger charge is -2.17. The lowest BCUT2D eigenvalue weighted by Crippen LogP contribution is -2.36. The van der Waals surface area contributed by atoms with E-state index in [0.29, 0.717) is 19.4 Å². The minimum atomic E-state index is 0.00870. The van der Waals surface area contributed by atoms with Crippen LogP contribution < -0.4 is 0 Å². The Morgan fingerprint density at radius 2 is 2.15 bits per heavy atom. The Hall–Kier alpha value is -0.860. The van der Waals surface area contributed by atoms with Gasteiger partial charge < -0.3 is 0 Å². The highest BCUT2D eigenvalue weighted by molar-refractivity contribution is 5.95. The van der Waals surface area contributed by atoms with Gasteiger partial charge in [-0.2, -0.15) is 0 Å². The monoisotopic (exact) mass is 183 g/mol. The molecule has 74 valence electrons. The van der Waals surface area contributed by atoms with Crippen molar-refractivity contribution < 1.29 is 9.59 Å². The number of carbonyl (C=O) groups excluding carboxylic acids is 2. The molecule has 1 aliphatic heterocycles. The molecule has 3 heteroatoms. The van der Waals surface area contributed by atoms with E-state index in [0.717, 1.165) is 25.7 Å². The van der Waals surface area contributed by atoms with Crippen molar-refractivity contribution in [1.29, 1.82) is 0 Å². The zero-order valence-electron chi connectivity index (χ0n) is 8.21. The molecule has 0 aliphatic carbocycles. The lowest BCUT2D eigenvalue weighted by molar-refractivity contribution is -0.144. The van der Waals surface area contributed by atoms with Crippen molar-refractivity contribution >= 4 is 11.8 Å². The minimum Gasteiger partial charge on any atom is -0.283 e. The van der Waals surface area contributed by atoms with E-state index in [1.54, 1.807) is 0 Å². The zero-order valence-corrected chi connectivity index (χ0v) is 8.21. The Morgan fingerprint density at radius 3 is 2.85 bits per heavy atom. The molecule has 0 N–H and O–H groups in total. The Kier molecular flexibility index (Phi) is 3.93. The van der Waals surface area contributed by atoms with Crippen LogP contribution in [0.5, 0.6) is 0 Å². The summed E-state index contributed by atoms with van der Waals surface area (Å²) in [6.07, 6.45) is 4.86. The van der Waals surface area contributed by atoms with E-state index in [1.165, 1.54) is 4.90 Å². The second kappa shape index (κ2) is 5.00. The average molecular weight is 183 g/mol. The van der Waals surface area contributed by atoms with Gasteiger partial charge in [0.05, 0.1) is 0 Å². The molecule has 1 saturated heterocycles. The first-order valence-corrected chi connectivity index (χ1v) is 5.09. The number of likely N-dealkylation sites (tertiary alicyclic amines) is 1. The van der Waals surface area contributed by atoms with E-state index in [2.05, 4.69) is 0 Å². The van der Waals surface area contributed by atoms with Gasteiger partial charge in [0.1, 0.15) is 0 Å². The van der Waals surface area contributed by atoms with Crippen molar-refractivity contribution in [3.63, 3.8) is 0 Å². The summed E-state index contributed by atoms with van der Waals surface area (Å²) in [5, 5.41) is 0. The summed E-state index contributed by atoms with van der Waals surface area (Å²) in [5.74, 6) is 0.0327. The van der Waals surface area contributed by atoms with Gasteiger partial charge in [0.15, 0.2) is 0 Å². The summed E-state index contributed by atoms with van der Waals surface area (Å²) in [6, 6.07) is 0. The quantitative estimate of drug-likeness (QED) is 0.653. The summed E-state index contributed by atoms with van der Waals surface area (Å²) in [4.78, 5) is 24.3. The van der Waals surface area contributed by atoms with Crippen LogP contribution in [0.25, 0.3) is 0 Å². The molecule has 0 saturated carbocycles. The molecule has 0 radical (unpaired) electrons. The number of imide groups is 1. The fourth-order valence-electron chi connectivity index (χ4n) is 1.60. The van der Waals surface area contributed by atoms with Crippen molar-refractivity contribution in [3.8, 4) is 0 Å². The van der Waals surface area contributed by atoms with Crippen LogP contribution in [0.3, 0.4) is 0 Å². The summed E-state index contributed by atoms with van der Waals surface area (Å²) >= 11 is 0. The fourth-order valence-corrected chi connectivity index (χ4v) is 1.60. The van der Waals surface area contributed by atoms with Gasteiger partial charge in [-0.15, -0.1) is 0 Å². The Bertz CT molecular complexity index is 201. The Labute approximate surface area is 79.1 Å². The summed E-state index contributed by atoms with van der Waals surface area (Å²) in [6.45, 7) is 2.60. The predicted octanol–water partition coefficient (Wildman–Crippen LogP) is 1.72. The molecule has 0 atom stereocenters. The number of amides is 2. The highest BCUT2D eigenvalue weighted by atomic mass is 16.2. The summed E-state index contributed by atoms with van der Waals surface area (Å²) in [7, 11) is 0. The van der Waals surface area contributed by atoms with Crippen LogP contribution in [0, 0.1) is 0 Å². The van der Waals surface area contributed by atoms with Gasteiger partial charge in [-0.1, -0.05) is 13.3 Å². The maximum absolute atomic E-state index is 11.5. The average Bonchev–Trinajstić information content (AvgIpc) is 2.30. The molecule has 3 nitrogen and oxygen atoms in total. The van der Waals surface area contributed by atoms with Crippen molar-refractivity contribution in [1.82, 2.24) is 4.90 Å². The predicted molar refractivity (Wildman–Crippen MR) is 50.1 cm³/mol. The molecule has 0 spiro atoms. The van der Waals surface area contributed by atoms with Gasteiger partial charge >= 0.3 is 0 Å². The molecule has 2 amide bonds. The molecular formula is C10H17NO2. The molecule has 13 heavy (non-hydrogen) atoms. The van der Waals surface area contributed by atoms with Crippen LogP contribution in [0.4, 0.5) is 0 Å². The number of rotatable bonds is 2. The van der Waals surface area contributed by atoms with E-state index in [1.807, 2.05) is 6.92 Å². The highest BCUT2D eigenvalue weighted by Gasteiger charge is 2.21. The van der Waals surface area contributed by atoms with E-state index in [4.69, 9.17) is 0 Å². The Balaban J connectivity index is 2.53. The molecule has 1 rings (SSSR count). The van der Waals surface area contributed by atoms with Gasteiger partial charge in [-0.3, -0.25) is 14.5 Å². The first-order valence-electron chi connectivity index (χ1n) is 5.09. The van der Waals surface area contributed by atoms with Crippen molar-refractivity contribution in [2.24, 2.45) is 0 Å². The number of carbonyl (C=O) groups is 2. The summed E-state index contributed by atoms with van der Waals surface area (Å²) in [5.41, 5.74) is 0. The molecular weight excluding hydrogens is 166 g/mol. The lowest BCUT2D eigenvalue weighted by atomic mass is 10.2. The zero-order chi connectivity index (χ0) is 9.68. The van der Waals surface area contributed by atoms with Gasteiger partial charge in [0.2, 0.25) is 11.8 Å². The Morgan fingerprint density at radius 1 is 1.38 bits per heavy atom. The molecule has 0 bridgehead atoms. The highest BCUT2D eigenvalue weighted by Crippen LogP contribution is 2.12. The normalized spacial score (nSPS) is 18.5. The molecule has 0 aromatic heterocycles. The summed E-state index contributed by atoms with van der Waals surface area (Å²) < 4.78 is 0. The van der Waals surface area contributed by atoms with Crippen LogP contribution in [0.1, 0.15) is 45.4 Å². The second-order valence-electron chi connectivity index (χ2n) is 3.50.